The van der Waals surface area contributed by atoms with E-state index in [9.17, 15) is 0 Å². The molecule has 15 heavy (non-hydrogen) atoms. The highest BCUT2D eigenvalue weighted by molar-refractivity contribution is 5.60. The van der Waals surface area contributed by atoms with Crippen LogP contribution in [-0.4, -0.2) is 9.97 Å². The number of nitrogens with zero attached hydrogens (tertiary/aromatic N) is 2. The fraction of sp³-hybridized carbons (Fsp3) is 0.0909. The first-order valence-corrected chi connectivity index (χ1v) is 4.67. The van der Waals surface area contributed by atoms with E-state index in [0.29, 0.717) is 5.95 Å². The molecule has 1 aromatic carbocycles. The van der Waals surface area contributed by atoms with Crippen LogP contribution in [0.15, 0.2) is 36.4 Å². The number of hydrazine groups is 1. The fourth-order valence-corrected chi connectivity index (χ4v) is 1.39. The van der Waals surface area contributed by atoms with Crippen molar-refractivity contribution in [1.82, 2.24) is 9.97 Å². The predicted octanol–water partition coefficient (Wildman–Crippen LogP) is 1.74. The third-order valence-corrected chi connectivity index (χ3v) is 2.05. The molecular weight excluding hydrogens is 188 g/mol. The fourth-order valence-electron chi connectivity index (χ4n) is 1.39. The van der Waals surface area contributed by atoms with E-state index in [1.54, 1.807) is 0 Å². The van der Waals surface area contributed by atoms with Gasteiger partial charge in [-0.1, -0.05) is 30.3 Å². The first kappa shape index (κ1) is 9.61. The van der Waals surface area contributed by atoms with Crippen LogP contribution in [0.25, 0.3) is 11.3 Å². The van der Waals surface area contributed by atoms with Crippen LogP contribution in [0.1, 0.15) is 5.69 Å². The number of benzene rings is 1. The van der Waals surface area contributed by atoms with Gasteiger partial charge in [0.1, 0.15) is 0 Å². The number of rotatable bonds is 2. The largest absolute Gasteiger partial charge is 0.292 e. The third kappa shape index (κ3) is 2.11. The average molecular weight is 200 g/mol. The molecule has 3 N–H and O–H groups in total. The van der Waals surface area contributed by atoms with Crippen molar-refractivity contribution in [1.29, 1.82) is 0 Å². The maximum atomic E-state index is 5.29. The van der Waals surface area contributed by atoms with Gasteiger partial charge in [0.25, 0.3) is 0 Å². The van der Waals surface area contributed by atoms with Crippen molar-refractivity contribution < 1.29 is 0 Å². The van der Waals surface area contributed by atoms with E-state index < -0.39 is 0 Å². The highest BCUT2D eigenvalue weighted by Gasteiger charge is 2.02. The molecule has 0 fully saturated rings. The Hall–Kier alpha value is -1.94. The molecule has 4 nitrogen and oxygen atoms in total. The molecule has 0 saturated heterocycles. The van der Waals surface area contributed by atoms with Crippen LogP contribution in [0.4, 0.5) is 5.95 Å². The lowest BCUT2D eigenvalue weighted by molar-refractivity contribution is 1.08. The lowest BCUT2D eigenvalue weighted by atomic mass is 10.1. The second kappa shape index (κ2) is 4.06. The van der Waals surface area contributed by atoms with E-state index in [1.165, 1.54) is 0 Å². The number of aromatic nitrogens is 2. The first-order chi connectivity index (χ1) is 7.29. The van der Waals surface area contributed by atoms with E-state index in [0.717, 1.165) is 17.0 Å². The van der Waals surface area contributed by atoms with Gasteiger partial charge >= 0.3 is 0 Å². The Morgan fingerprint density at radius 1 is 1.13 bits per heavy atom. The van der Waals surface area contributed by atoms with Gasteiger partial charge in [0.05, 0.1) is 5.69 Å². The molecule has 0 aliphatic heterocycles. The lowest BCUT2D eigenvalue weighted by Crippen LogP contribution is -2.11. The predicted molar refractivity (Wildman–Crippen MR) is 60.0 cm³/mol. The zero-order valence-electron chi connectivity index (χ0n) is 8.44. The molecular formula is C11H12N4. The molecule has 2 rings (SSSR count). The van der Waals surface area contributed by atoms with E-state index in [-0.39, 0.29) is 0 Å². The number of nitrogens with two attached hydrogens (primary N) is 1. The molecule has 0 radical (unpaired) electrons. The standard InChI is InChI=1S/C11H12N4/c1-8-7-10(14-11(13-8)15-12)9-5-3-2-4-6-9/h2-7H,12H2,1H3,(H,13,14,15). The molecule has 2 aromatic rings. The number of nitrogen functional groups attached to an aromatic ring is 1. The van der Waals surface area contributed by atoms with E-state index in [2.05, 4.69) is 15.4 Å². The van der Waals surface area contributed by atoms with Crippen molar-refractivity contribution in [2.45, 2.75) is 6.92 Å². The van der Waals surface area contributed by atoms with Crippen molar-refractivity contribution in [2.75, 3.05) is 5.43 Å². The number of anilines is 1. The summed E-state index contributed by atoms with van der Waals surface area (Å²) in [4.78, 5) is 8.41. The molecule has 0 unspecified atom stereocenters. The molecule has 0 amide bonds. The molecule has 0 atom stereocenters. The topological polar surface area (TPSA) is 63.8 Å². The second-order valence-corrected chi connectivity index (χ2v) is 3.23. The Balaban J connectivity index is 2.49. The van der Waals surface area contributed by atoms with Crippen LogP contribution in [-0.2, 0) is 0 Å². The van der Waals surface area contributed by atoms with E-state index in [1.807, 2.05) is 43.3 Å². The minimum atomic E-state index is 0.439. The van der Waals surface area contributed by atoms with Gasteiger partial charge in [0.15, 0.2) is 0 Å². The first-order valence-electron chi connectivity index (χ1n) is 4.67. The van der Waals surface area contributed by atoms with Gasteiger partial charge in [-0.05, 0) is 13.0 Å². The Kier molecular flexibility index (Phi) is 2.60. The monoisotopic (exact) mass is 200 g/mol. The average Bonchev–Trinajstić information content (AvgIpc) is 2.29. The summed E-state index contributed by atoms with van der Waals surface area (Å²) in [7, 11) is 0. The van der Waals surface area contributed by atoms with Gasteiger partial charge in [-0.25, -0.2) is 15.8 Å². The smallest absolute Gasteiger partial charge is 0.237 e. The van der Waals surface area contributed by atoms with Crippen LogP contribution in [0.5, 0.6) is 0 Å². The van der Waals surface area contributed by atoms with Crippen LogP contribution < -0.4 is 11.3 Å². The summed E-state index contributed by atoms with van der Waals surface area (Å²) in [6.45, 7) is 1.91. The van der Waals surface area contributed by atoms with E-state index in [4.69, 9.17) is 5.84 Å². The van der Waals surface area contributed by atoms with Crippen molar-refractivity contribution in [2.24, 2.45) is 5.84 Å². The van der Waals surface area contributed by atoms with Gasteiger partial charge in [0, 0.05) is 11.3 Å². The van der Waals surface area contributed by atoms with Crippen molar-refractivity contribution in [3.05, 3.63) is 42.1 Å². The van der Waals surface area contributed by atoms with Crippen molar-refractivity contribution >= 4 is 5.95 Å². The van der Waals surface area contributed by atoms with E-state index >= 15 is 0 Å². The summed E-state index contributed by atoms with van der Waals surface area (Å²) in [5.74, 6) is 5.73. The quantitative estimate of drug-likeness (QED) is 0.572. The molecule has 0 bridgehead atoms. The van der Waals surface area contributed by atoms with Crippen LogP contribution in [0, 0.1) is 6.92 Å². The molecule has 1 aromatic heterocycles. The van der Waals surface area contributed by atoms with Gasteiger partial charge < -0.3 is 0 Å². The minimum Gasteiger partial charge on any atom is -0.292 e. The van der Waals surface area contributed by atoms with Gasteiger partial charge in [-0.15, -0.1) is 0 Å². The maximum absolute atomic E-state index is 5.29. The third-order valence-electron chi connectivity index (χ3n) is 2.05. The normalized spacial score (nSPS) is 10.0. The molecule has 0 aliphatic carbocycles. The number of hydrogen-bond donors (Lipinski definition) is 2. The van der Waals surface area contributed by atoms with Crippen molar-refractivity contribution in [3.8, 4) is 11.3 Å². The summed E-state index contributed by atoms with van der Waals surface area (Å²) in [6.07, 6.45) is 0. The Morgan fingerprint density at radius 2 is 1.87 bits per heavy atom. The number of aryl methyl sites for hydroxylation is 1. The van der Waals surface area contributed by atoms with Crippen LogP contribution in [0.2, 0.25) is 0 Å². The molecule has 0 aliphatic rings. The Bertz CT molecular complexity index is 453. The zero-order valence-corrected chi connectivity index (χ0v) is 8.44. The van der Waals surface area contributed by atoms with Crippen LogP contribution in [0.3, 0.4) is 0 Å². The second-order valence-electron chi connectivity index (χ2n) is 3.23. The summed E-state index contributed by atoms with van der Waals surface area (Å²) in [5, 5.41) is 0. The number of hydrogen-bond acceptors (Lipinski definition) is 4. The summed E-state index contributed by atoms with van der Waals surface area (Å²) >= 11 is 0. The van der Waals surface area contributed by atoms with Gasteiger partial charge in [-0.2, -0.15) is 0 Å². The minimum absolute atomic E-state index is 0.439. The summed E-state index contributed by atoms with van der Waals surface area (Å²) in [5.41, 5.74) is 5.27. The Labute approximate surface area is 88.2 Å². The van der Waals surface area contributed by atoms with Crippen LogP contribution >= 0.6 is 0 Å². The Morgan fingerprint density at radius 3 is 2.53 bits per heavy atom. The number of nitrogens with one attached hydrogen (secondary N) is 1. The highest BCUT2D eigenvalue weighted by Crippen LogP contribution is 2.18. The lowest BCUT2D eigenvalue weighted by Gasteiger charge is -2.04. The highest BCUT2D eigenvalue weighted by atomic mass is 15.3. The van der Waals surface area contributed by atoms with Crippen molar-refractivity contribution in [3.63, 3.8) is 0 Å². The summed E-state index contributed by atoms with van der Waals surface area (Å²) in [6, 6.07) is 11.9. The molecule has 1 heterocycles. The molecule has 0 spiro atoms. The van der Waals surface area contributed by atoms with Gasteiger partial charge in [0.2, 0.25) is 5.95 Å². The maximum Gasteiger partial charge on any atom is 0.237 e. The zero-order chi connectivity index (χ0) is 10.7. The summed E-state index contributed by atoms with van der Waals surface area (Å²) < 4.78 is 0. The SMILES string of the molecule is Cc1cc(-c2ccccc2)nc(NN)n1. The molecule has 4 heteroatoms. The molecule has 0 saturated carbocycles. The van der Waals surface area contributed by atoms with Gasteiger partial charge in [-0.3, -0.25) is 5.43 Å². The molecule has 76 valence electrons.